The zero-order valence-electron chi connectivity index (χ0n) is 11.8. The van der Waals surface area contributed by atoms with Crippen LogP contribution in [0.25, 0.3) is 11.0 Å². The van der Waals surface area contributed by atoms with Crippen LogP contribution in [0.2, 0.25) is 0 Å². The van der Waals surface area contributed by atoms with Crippen LogP contribution in [0.5, 0.6) is 0 Å². The summed E-state index contributed by atoms with van der Waals surface area (Å²) in [5.74, 6) is 0.767. The van der Waals surface area contributed by atoms with Gasteiger partial charge in [-0.15, -0.1) is 0 Å². The molecule has 4 heteroatoms. The first-order valence-corrected chi connectivity index (χ1v) is 7.24. The quantitative estimate of drug-likeness (QED) is 0.648. The standard InChI is InChI=1S/C17H19N3O/c21-12-6-11-14(13-7-2-1-3-8-13)18-17-19-15-9-4-5-10-16(15)20-17/h1-5,7-10,14,21H,6,11-12H2,(H2,18,19,20). The van der Waals surface area contributed by atoms with Gasteiger partial charge in [0.1, 0.15) is 0 Å². The Labute approximate surface area is 123 Å². The van der Waals surface area contributed by atoms with Gasteiger partial charge in [0.15, 0.2) is 0 Å². The Bertz CT molecular complexity index is 660. The van der Waals surface area contributed by atoms with Crippen LogP contribution in [-0.4, -0.2) is 21.7 Å². The summed E-state index contributed by atoms with van der Waals surface area (Å²) in [6.07, 6.45) is 1.62. The van der Waals surface area contributed by atoms with E-state index in [0.717, 1.165) is 29.8 Å². The lowest BCUT2D eigenvalue weighted by atomic mass is 10.0. The van der Waals surface area contributed by atoms with Crippen molar-refractivity contribution in [2.45, 2.75) is 18.9 Å². The number of benzene rings is 2. The van der Waals surface area contributed by atoms with Crippen molar-refractivity contribution < 1.29 is 5.11 Å². The predicted molar refractivity (Wildman–Crippen MR) is 85.2 cm³/mol. The van der Waals surface area contributed by atoms with Gasteiger partial charge >= 0.3 is 0 Å². The SMILES string of the molecule is OCCCC(Nc1nc2ccccc2[nH]1)c1ccccc1. The molecule has 0 fully saturated rings. The molecule has 0 aliphatic heterocycles. The van der Waals surface area contributed by atoms with Gasteiger partial charge in [0.05, 0.1) is 17.1 Å². The molecule has 3 aromatic rings. The minimum atomic E-state index is 0.138. The number of rotatable bonds is 6. The third-order valence-corrected chi connectivity index (χ3v) is 3.55. The molecule has 4 nitrogen and oxygen atoms in total. The summed E-state index contributed by atoms with van der Waals surface area (Å²) in [6, 6.07) is 18.4. The lowest BCUT2D eigenvalue weighted by Gasteiger charge is -2.18. The first-order chi connectivity index (χ1) is 10.4. The Morgan fingerprint density at radius 3 is 2.57 bits per heavy atom. The topological polar surface area (TPSA) is 60.9 Å². The van der Waals surface area contributed by atoms with Crippen molar-refractivity contribution in [3.8, 4) is 0 Å². The molecule has 0 aliphatic carbocycles. The monoisotopic (exact) mass is 281 g/mol. The average Bonchev–Trinajstić information content (AvgIpc) is 2.94. The maximum atomic E-state index is 9.09. The number of aromatic nitrogens is 2. The third-order valence-electron chi connectivity index (χ3n) is 3.55. The van der Waals surface area contributed by atoms with E-state index >= 15 is 0 Å². The van der Waals surface area contributed by atoms with Gasteiger partial charge < -0.3 is 15.4 Å². The van der Waals surface area contributed by atoms with E-state index in [1.807, 2.05) is 42.5 Å². The Morgan fingerprint density at radius 2 is 1.81 bits per heavy atom. The molecule has 0 amide bonds. The first kappa shape index (κ1) is 13.6. The van der Waals surface area contributed by atoms with Crippen molar-refractivity contribution in [2.75, 3.05) is 11.9 Å². The third kappa shape index (κ3) is 3.23. The Balaban J connectivity index is 1.83. The molecule has 0 spiro atoms. The van der Waals surface area contributed by atoms with Crippen molar-refractivity contribution in [3.05, 3.63) is 60.2 Å². The fourth-order valence-corrected chi connectivity index (χ4v) is 2.49. The highest BCUT2D eigenvalue weighted by molar-refractivity contribution is 5.77. The summed E-state index contributed by atoms with van der Waals surface area (Å²) in [7, 11) is 0. The van der Waals surface area contributed by atoms with Gasteiger partial charge in [0.2, 0.25) is 5.95 Å². The molecule has 3 rings (SSSR count). The number of aliphatic hydroxyl groups excluding tert-OH is 1. The molecule has 1 heterocycles. The number of nitrogens with zero attached hydrogens (tertiary/aromatic N) is 1. The maximum Gasteiger partial charge on any atom is 0.201 e. The highest BCUT2D eigenvalue weighted by Gasteiger charge is 2.12. The second kappa shape index (κ2) is 6.41. The number of para-hydroxylation sites is 2. The van der Waals surface area contributed by atoms with Crippen LogP contribution in [0.1, 0.15) is 24.4 Å². The van der Waals surface area contributed by atoms with Crippen molar-refractivity contribution >= 4 is 17.0 Å². The minimum Gasteiger partial charge on any atom is -0.396 e. The van der Waals surface area contributed by atoms with Gasteiger partial charge in [-0.1, -0.05) is 42.5 Å². The van der Waals surface area contributed by atoms with Gasteiger partial charge in [0, 0.05) is 6.61 Å². The van der Waals surface area contributed by atoms with Crippen LogP contribution in [0.15, 0.2) is 54.6 Å². The second-order valence-corrected chi connectivity index (χ2v) is 5.08. The highest BCUT2D eigenvalue weighted by atomic mass is 16.2. The van der Waals surface area contributed by atoms with Gasteiger partial charge in [-0.05, 0) is 30.5 Å². The van der Waals surface area contributed by atoms with Crippen molar-refractivity contribution in [3.63, 3.8) is 0 Å². The number of nitrogens with one attached hydrogen (secondary N) is 2. The number of anilines is 1. The Kier molecular flexibility index (Phi) is 4.17. The zero-order valence-corrected chi connectivity index (χ0v) is 11.8. The minimum absolute atomic E-state index is 0.138. The van der Waals surface area contributed by atoms with Crippen LogP contribution in [0.4, 0.5) is 5.95 Å². The summed E-state index contributed by atoms with van der Waals surface area (Å²) in [6.45, 7) is 0.200. The lowest BCUT2D eigenvalue weighted by molar-refractivity contribution is 0.281. The summed E-state index contributed by atoms with van der Waals surface area (Å²) in [4.78, 5) is 7.84. The molecule has 3 N–H and O–H groups in total. The van der Waals surface area contributed by atoms with Gasteiger partial charge in [-0.25, -0.2) is 4.98 Å². The summed E-state index contributed by atoms with van der Waals surface area (Å²) >= 11 is 0. The van der Waals surface area contributed by atoms with E-state index in [4.69, 9.17) is 5.11 Å². The molecule has 1 unspecified atom stereocenters. The van der Waals surface area contributed by atoms with Gasteiger partial charge in [-0.2, -0.15) is 0 Å². The molecule has 108 valence electrons. The first-order valence-electron chi connectivity index (χ1n) is 7.24. The molecule has 2 aromatic carbocycles. The van der Waals surface area contributed by atoms with E-state index in [1.165, 1.54) is 5.56 Å². The summed E-state index contributed by atoms with van der Waals surface area (Å²) < 4.78 is 0. The Morgan fingerprint density at radius 1 is 1.05 bits per heavy atom. The molecule has 0 saturated heterocycles. The fourth-order valence-electron chi connectivity index (χ4n) is 2.49. The normalized spacial score (nSPS) is 12.4. The number of H-pyrrole nitrogens is 1. The van der Waals surface area contributed by atoms with E-state index < -0.39 is 0 Å². The molecular formula is C17H19N3O. The van der Waals surface area contributed by atoms with Crippen LogP contribution in [-0.2, 0) is 0 Å². The molecule has 0 radical (unpaired) electrons. The predicted octanol–water partition coefficient (Wildman–Crippen LogP) is 3.49. The number of aromatic amines is 1. The number of hydrogen-bond donors (Lipinski definition) is 3. The van der Waals surface area contributed by atoms with Crippen LogP contribution < -0.4 is 5.32 Å². The number of hydrogen-bond acceptors (Lipinski definition) is 3. The van der Waals surface area contributed by atoms with Crippen molar-refractivity contribution in [1.82, 2.24) is 9.97 Å². The van der Waals surface area contributed by atoms with E-state index in [-0.39, 0.29) is 12.6 Å². The van der Waals surface area contributed by atoms with E-state index in [0.29, 0.717) is 0 Å². The van der Waals surface area contributed by atoms with E-state index in [2.05, 4.69) is 27.4 Å². The number of imidazole rings is 1. The van der Waals surface area contributed by atoms with Crippen LogP contribution in [0.3, 0.4) is 0 Å². The smallest absolute Gasteiger partial charge is 0.201 e. The molecule has 21 heavy (non-hydrogen) atoms. The number of aliphatic hydroxyl groups is 1. The van der Waals surface area contributed by atoms with Gasteiger partial charge in [-0.3, -0.25) is 0 Å². The Hall–Kier alpha value is -2.33. The number of fused-ring (bicyclic) bond motifs is 1. The maximum absolute atomic E-state index is 9.09. The van der Waals surface area contributed by atoms with E-state index in [9.17, 15) is 0 Å². The second-order valence-electron chi connectivity index (χ2n) is 5.08. The van der Waals surface area contributed by atoms with E-state index in [1.54, 1.807) is 0 Å². The zero-order chi connectivity index (χ0) is 14.5. The molecule has 0 aliphatic rings. The molecule has 1 aromatic heterocycles. The largest absolute Gasteiger partial charge is 0.396 e. The fraction of sp³-hybridized carbons (Fsp3) is 0.235. The summed E-state index contributed by atoms with van der Waals surface area (Å²) in [5.41, 5.74) is 3.18. The van der Waals surface area contributed by atoms with Crippen LogP contribution in [0, 0.1) is 0 Å². The average molecular weight is 281 g/mol. The van der Waals surface area contributed by atoms with Gasteiger partial charge in [0.25, 0.3) is 0 Å². The van der Waals surface area contributed by atoms with Crippen LogP contribution >= 0.6 is 0 Å². The highest BCUT2D eigenvalue weighted by Crippen LogP contribution is 2.23. The molecule has 0 bridgehead atoms. The molecule has 1 atom stereocenters. The molecular weight excluding hydrogens is 262 g/mol. The van der Waals surface area contributed by atoms with Crippen molar-refractivity contribution in [1.29, 1.82) is 0 Å². The summed E-state index contributed by atoms with van der Waals surface area (Å²) in [5, 5.41) is 12.5. The molecule has 0 saturated carbocycles. The van der Waals surface area contributed by atoms with Crippen molar-refractivity contribution in [2.24, 2.45) is 0 Å². The lowest BCUT2D eigenvalue weighted by Crippen LogP contribution is -2.12.